The third-order valence-corrected chi connectivity index (χ3v) is 2.65. The highest BCUT2D eigenvalue weighted by Gasteiger charge is 2.21. The Balaban J connectivity index is 2.43. The molecule has 0 aromatic rings. The number of rotatable bonds is 4. The molecular weight excluding hydrogens is 150 g/mol. The van der Waals surface area contributed by atoms with Gasteiger partial charge in [0.15, 0.2) is 0 Å². The van der Waals surface area contributed by atoms with Crippen LogP contribution in [0.25, 0.3) is 0 Å². The molecule has 0 saturated heterocycles. The van der Waals surface area contributed by atoms with Crippen molar-refractivity contribution < 1.29 is 4.74 Å². The molecule has 1 heterocycles. The van der Waals surface area contributed by atoms with E-state index in [-0.39, 0.29) is 6.10 Å². The maximum absolute atomic E-state index is 5.52. The van der Waals surface area contributed by atoms with Gasteiger partial charge in [0.05, 0.1) is 6.26 Å². The van der Waals surface area contributed by atoms with Gasteiger partial charge in [-0.15, -0.1) is 0 Å². The first-order chi connectivity index (χ1) is 5.81. The molecule has 0 spiro atoms. The van der Waals surface area contributed by atoms with Gasteiger partial charge in [-0.05, 0) is 24.3 Å². The molecule has 0 bridgehead atoms. The SMILES string of the molecule is CCC(CC)C1=COC(CN)C1. The molecule has 70 valence electrons. The smallest absolute Gasteiger partial charge is 0.114 e. The van der Waals surface area contributed by atoms with Crippen molar-refractivity contribution in [3.8, 4) is 0 Å². The van der Waals surface area contributed by atoms with E-state index < -0.39 is 0 Å². The second kappa shape index (κ2) is 4.51. The molecule has 0 amide bonds. The normalized spacial score (nSPS) is 22.7. The third-order valence-electron chi connectivity index (χ3n) is 2.65. The van der Waals surface area contributed by atoms with E-state index >= 15 is 0 Å². The summed E-state index contributed by atoms with van der Waals surface area (Å²) in [4.78, 5) is 0. The van der Waals surface area contributed by atoms with Gasteiger partial charge < -0.3 is 10.5 Å². The van der Waals surface area contributed by atoms with Crippen molar-refractivity contribution in [3.05, 3.63) is 11.8 Å². The van der Waals surface area contributed by atoms with Crippen LogP contribution in [0.15, 0.2) is 11.8 Å². The van der Waals surface area contributed by atoms with Crippen LogP contribution in [0.5, 0.6) is 0 Å². The van der Waals surface area contributed by atoms with Gasteiger partial charge >= 0.3 is 0 Å². The largest absolute Gasteiger partial charge is 0.496 e. The Morgan fingerprint density at radius 3 is 2.67 bits per heavy atom. The Morgan fingerprint density at radius 2 is 2.25 bits per heavy atom. The average Bonchev–Trinajstić information content (AvgIpc) is 2.55. The van der Waals surface area contributed by atoms with E-state index in [1.807, 2.05) is 6.26 Å². The second-order valence-electron chi connectivity index (χ2n) is 3.40. The van der Waals surface area contributed by atoms with Crippen molar-refractivity contribution in [1.29, 1.82) is 0 Å². The van der Waals surface area contributed by atoms with Gasteiger partial charge in [0.2, 0.25) is 0 Å². The van der Waals surface area contributed by atoms with Gasteiger partial charge in [0.25, 0.3) is 0 Å². The molecule has 1 aliphatic rings. The summed E-state index contributed by atoms with van der Waals surface area (Å²) in [5, 5.41) is 0. The van der Waals surface area contributed by atoms with E-state index in [1.165, 1.54) is 18.4 Å². The maximum atomic E-state index is 5.52. The van der Waals surface area contributed by atoms with Crippen LogP contribution in [-0.2, 0) is 4.74 Å². The number of nitrogens with two attached hydrogens (primary N) is 1. The summed E-state index contributed by atoms with van der Waals surface area (Å²) in [6.45, 7) is 5.09. The molecule has 0 fully saturated rings. The first kappa shape index (κ1) is 9.59. The fourth-order valence-electron chi connectivity index (χ4n) is 1.76. The molecule has 0 aromatic heterocycles. The predicted octanol–water partition coefficient (Wildman–Crippen LogP) is 2.05. The summed E-state index contributed by atoms with van der Waals surface area (Å²) < 4.78 is 5.41. The molecule has 12 heavy (non-hydrogen) atoms. The van der Waals surface area contributed by atoms with E-state index in [2.05, 4.69) is 13.8 Å². The number of hydrogen-bond acceptors (Lipinski definition) is 2. The van der Waals surface area contributed by atoms with Crippen molar-refractivity contribution in [3.63, 3.8) is 0 Å². The Bertz CT molecular complexity index is 161. The summed E-state index contributed by atoms with van der Waals surface area (Å²) in [6.07, 6.45) is 5.64. The second-order valence-corrected chi connectivity index (χ2v) is 3.40. The van der Waals surface area contributed by atoms with Gasteiger partial charge in [-0.3, -0.25) is 0 Å². The lowest BCUT2D eigenvalue weighted by Gasteiger charge is -2.12. The van der Waals surface area contributed by atoms with Crippen molar-refractivity contribution in [2.75, 3.05) is 6.54 Å². The van der Waals surface area contributed by atoms with Crippen molar-refractivity contribution in [1.82, 2.24) is 0 Å². The average molecular weight is 169 g/mol. The van der Waals surface area contributed by atoms with Crippen LogP contribution < -0.4 is 5.73 Å². The molecule has 0 radical (unpaired) electrons. The Labute approximate surface area is 74.8 Å². The van der Waals surface area contributed by atoms with Crippen LogP contribution in [0.3, 0.4) is 0 Å². The van der Waals surface area contributed by atoms with Crippen LogP contribution in [-0.4, -0.2) is 12.6 Å². The predicted molar refractivity (Wildman–Crippen MR) is 50.7 cm³/mol. The van der Waals surface area contributed by atoms with Crippen LogP contribution in [0.1, 0.15) is 33.1 Å². The van der Waals surface area contributed by atoms with E-state index in [0.717, 1.165) is 6.42 Å². The highest BCUT2D eigenvalue weighted by molar-refractivity contribution is 5.09. The summed E-state index contributed by atoms with van der Waals surface area (Å²) in [6, 6.07) is 0. The lowest BCUT2D eigenvalue weighted by molar-refractivity contribution is 0.178. The van der Waals surface area contributed by atoms with Gasteiger partial charge in [-0.2, -0.15) is 0 Å². The molecule has 1 atom stereocenters. The molecule has 2 nitrogen and oxygen atoms in total. The standard InChI is InChI=1S/C10H19NO/c1-3-8(4-2)9-5-10(6-11)12-7-9/h7-8,10H,3-6,11H2,1-2H3. The first-order valence-electron chi connectivity index (χ1n) is 4.86. The molecule has 0 saturated carbocycles. The lowest BCUT2D eigenvalue weighted by atomic mass is 9.92. The highest BCUT2D eigenvalue weighted by Crippen LogP contribution is 2.28. The van der Waals surface area contributed by atoms with E-state index in [1.54, 1.807) is 0 Å². The minimum absolute atomic E-state index is 0.251. The van der Waals surface area contributed by atoms with Crippen molar-refractivity contribution in [2.24, 2.45) is 11.7 Å². The van der Waals surface area contributed by atoms with E-state index in [9.17, 15) is 0 Å². The molecule has 0 aromatic carbocycles. The summed E-state index contributed by atoms with van der Waals surface area (Å²) >= 11 is 0. The Hall–Kier alpha value is -0.500. The fraction of sp³-hybridized carbons (Fsp3) is 0.800. The van der Waals surface area contributed by atoms with Crippen molar-refractivity contribution in [2.45, 2.75) is 39.2 Å². The third kappa shape index (κ3) is 2.01. The molecule has 2 N–H and O–H groups in total. The fourth-order valence-corrected chi connectivity index (χ4v) is 1.76. The van der Waals surface area contributed by atoms with Gasteiger partial charge in [-0.1, -0.05) is 13.8 Å². The minimum atomic E-state index is 0.251. The molecule has 1 aliphatic heterocycles. The Morgan fingerprint density at radius 1 is 1.58 bits per heavy atom. The number of ether oxygens (including phenoxy) is 1. The minimum Gasteiger partial charge on any atom is -0.496 e. The molecule has 0 aliphatic carbocycles. The summed E-state index contributed by atoms with van der Waals surface area (Å²) in [7, 11) is 0. The van der Waals surface area contributed by atoms with Gasteiger partial charge in [0, 0.05) is 13.0 Å². The van der Waals surface area contributed by atoms with Crippen LogP contribution >= 0.6 is 0 Å². The Kier molecular flexibility index (Phi) is 3.60. The summed E-state index contributed by atoms with van der Waals surface area (Å²) in [5.74, 6) is 0.710. The summed E-state index contributed by atoms with van der Waals surface area (Å²) in [5.41, 5.74) is 6.97. The lowest BCUT2D eigenvalue weighted by Crippen LogP contribution is -2.19. The molecule has 1 unspecified atom stereocenters. The zero-order chi connectivity index (χ0) is 8.97. The molecule has 1 rings (SSSR count). The van der Waals surface area contributed by atoms with E-state index in [4.69, 9.17) is 10.5 Å². The van der Waals surface area contributed by atoms with Gasteiger partial charge in [0.1, 0.15) is 6.10 Å². The quantitative estimate of drug-likeness (QED) is 0.699. The molecular formula is C10H19NO. The highest BCUT2D eigenvalue weighted by atomic mass is 16.5. The zero-order valence-corrected chi connectivity index (χ0v) is 8.05. The zero-order valence-electron chi connectivity index (χ0n) is 8.05. The monoisotopic (exact) mass is 169 g/mol. The topological polar surface area (TPSA) is 35.2 Å². The van der Waals surface area contributed by atoms with Crippen LogP contribution in [0, 0.1) is 5.92 Å². The van der Waals surface area contributed by atoms with Crippen LogP contribution in [0.4, 0.5) is 0 Å². The maximum Gasteiger partial charge on any atom is 0.114 e. The first-order valence-corrected chi connectivity index (χ1v) is 4.86. The molecule has 2 heteroatoms. The van der Waals surface area contributed by atoms with E-state index in [0.29, 0.717) is 12.5 Å². The number of hydrogen-bond donors (Lipinski definition) is 1. The van der Waals surface area contributed by atoms with Crippen LogP contribution in [0.2, 0.25) is 0 Å². The van der Waals surface area contributed by atoms with Gasteiger partial charge in [-0.25, -0.2) is 0 Å². The van der Waals surface area contributed by atoms with Crippen molar-refractivity contribution >= 4 is 0 Å².